The van der Waals surface area contributed by atoms with Gasteiger partial charge >= 0.3 is 5.69 Å². The van der Waals surface area contributed by atoms with Gasteiger partial charge in [-0.3, -0.25) is 28.7 Å². The Kier molecular flexibility index (Phi) is 4.79. The molecule has 0 amide bonds. The van der Waals surface area contributed by atoms with Crippen LogP contribution in [0.2, 0.25) is 5.02 Å². The molecular formula is C24H21ClN4O4. The zero-order chi connectivity index (χ0) is 23.6. The first-order valence-electron chi connectivity index (χ1n) is 10.6. The quantitative estimate of drug-likeness (QED) is 0.469. The molecule has 2 heterocycles. The molecule has 4 aromatic rings. The standard InChI is InChI=1S/C24H21ClN4O4/c1-12-16(21(30)19-20(13-7-8-13)26-28(3)22(19)31)9-10-17-18(12)23(32)29(24(33)27(17)2)15-6-4-5-14(25)11-15/h4-6,9-11,13,26H,7-8H2,1-3H3. The number of nitrogens with one attached hydrogen (secondary N) is 1. The molecule has 0 atom stereocenters. The van der Waals surface area contributed by atoms with Crippen LogP contribution in [-0.4, -0.2) is 24.7 Å². The average molecular weight is 465 g/mol. The van der Waals surface area contributed by atoms with Crippen molar-refractivity contribution in [3.63, 3.8) is 0 Å². The number of halogens is 1. The van der Waals surface area contributed by atoms with E-state index in [4.69, 9.17) is 11.6 Å². The Morgan fingerprint density at radius 3 is 2.45 bits per heavy atom. The number of rotatable bonds is 4. The van der Waals surface area contributed by atoms with E-state index in [0.29, 0.717) is 27.5 Å². The van der Waals surface area contributed by atoms with Gasteiger partial charge in [-0.1, -0.05) is 17.7 Å². The molecular weight excluding hydrogens is 444 g/mol. The van der Waals surface area contributed by atoms with Crippen LogP contribution in [0.3, 0.4) is 0 Å². The second-order valence-corrected chi connectivity index (χ2v) is 8.90. The summed E-state index contributed by atoms with van der Waals surface area (Å²) in [6.45, 7) is 1.66. The maximum Gasteiger partial charge on any atom is 0.335 e. The third kappa shape index (κ3) is 3.21. The molecule has 8 nitrogen and oxygen atoms in total. The number of carbonyl (C=O) groups is 1. The van der Waals surface area contributed by atoms with Crippen LogP contribution in [0.5, 0.6) is 0 Å². The minimum absolute atomic E-state index is 0.113. The molecule has 0 spiro atoms. The average Bonchev–Trinajstić information content (AvgIpc) is 3.57. The Labute approximate surface area is 192 Å². The van der Waals surface area contributed by atoms with Crippen LogP contribution >= 0.6 is 11.6 Å². The van der Waals surface area contributed by atoms with Crippen molar-refractivity contribution in [3.8, 4) is 5.69 Å². The van der Waals surface area contributed by atoms with E-state index >= 15 is 0 Å². The monoisotopic (exact) mass is 464 g/mol. The molecule has 5 rings (SSSR count). The van der Waals surface area contributed by atoms with E-state index in [9.17, 15) is 19.2 Å². The zero-order valence-corrected chi connectivity index (χ0v) is 19.1. The van der Waals surface area contributed by atoms with Crippen molar-refractivity contribution in [1.82, 2.24) is 18.9 Å². The van der Waals surface area contributed by atoms with Crippen LogP contribution in [0.25, 0.3) is 16.6 Å². The summed E-state index contributed by atoms with van der Waals surface area (Å²) in [6.07, 6.45) is 1.84. The number of aromatic amines is 1. The van der Waals surface area contributed by atoms with Gasteiger partial charge in [0.15, 0.2) is 0 Å². The van der Waals surface area contributed by atoms with Crippen LogP contribution in [0.1, 0.15) is 45.9 Å². The van der Waals surface area contributed by atoms with Gasteiger partial charge < -0.3 is 0 Å². The van der Waals surface area contributed by atoms with E-state index in [0.717, 1.165) is 17.4 Å². The normalized spacial score (nSPS) is 13.6. The number of fused-ring (bicyclic) bond motifs is 1. The summed E-state index contributed by atoms with van der Waals surface area (Å²) in [6, 6.07) is 9.61. The first-order valence-corrected chi connectivity index (χ1v) is 10.9. The predicted molar refractivity (Wildman–Crippen MR) is 126 cm³/mol. The smallest absolute Gasteiger partial charge is 0.299 e. The molecule has 0 aliphatic heterocycles. The highest BCUT2D eigenvalue weighted by Gasteiger charge is 2.33. The van der Waals surface area contributed by atoms with Crippen LogP contribution in [0, 0.1) is 6.92 Å². The van der Waals surface area contributed by atoms with Crippen molar-refractivity contribution >= 4 is 28.3 Å². The molecule has 168 valence electrons. The Morgan fingerprint density at radius 1 is 1.06 bits per heavy atom. The predicted octanol–water partition coefficient (Wildman–Crippen LogP) is 2.79. The fraction of sp³-hybridized carbons (Fsp3) is 0.250. The Hall–Kier alpha value is -3.65. The first-order chi connectivity index (χ1) is 15.7. The Bertz CT molecular complexity index is 1650. The number of aryl methyl sites for hydroxylation is 3. The zero-order valence-electron chi connectivity index (χ0n) is 18.3. The molecule has 1 N–H and O–H groups in total. The molecule has 2 aromatic carbocycles. The van der Waals surface area contributed by atoms with Crippen LogP contribution in [0.4, 0.5) is 0 Å². The van der Waals surface area contributed by atoms with Crippen molar-refractivity contribution in [3.05, 3.63) is 95.0 Å². The highest BCUT2D eigenvalue weighted by molar-refractivity contribution is 6.30. The summed E-state index contributed by atoms with van der Waals surface area (Å²) >= 11 is 6.08. The minimum atomic E-state index is -0.549. The highest BCUT2D eigenvalue weighted by Crippen LogP contribution is 2.40. The van der Waals surface area contributed by atoms with E-state index in [1.165, 1.54) is 15.3 Å². The molecule has 0 saturated heterocycles. The summed E-state index contributed by atoms with van der Waals surface area (Å²) in [5.74, 6) is -0.264. The third-order valence-corrected chi connectivity index (χ3v) is 6.53. The molecule has 9 heteroatoms. The number of aromatic nitrogens is 4. The van der Waals surface area contributed by atoms with E-state index < -0.39 is 22.6 Å². The Morgan fingerprint density at radius 2 is 1.79 bits per heavy atom. The van der Waals surface area contributed by atoms with Gasteiger partial charge in [0.1, 0.15) is 5.56 Å². The number of hydrogen-bond donors (Lipinski definition) is 1. The number of carbonyl (C=O) groups excluding carboxylic acids is 1. The number of benzene rings is 2. The van der Waals surface area contributed by atoms with E-state index in [-0.39, 0.29) is 22.4 Å². The lowest BCUT2D eigenvalue weighted by Gasteiger charge is -2.14. The summed E-state index contributed by atoms with van der Waals surface area (Å²) in [4.78, 5) is 52.8. The molecule has 0 radical (unpaired) electrons. The van der Waals surface area contributed by atoms with Gasteiger partial charge in [-0.15, -0.1) is 0 Å². The van der Waals surface area contributed by atoms with Crippen LogP contribution < -0.4 is 16.8 Å². The van der Waals surface area contributed by atoms with E-state index in [1.54, 1.807) is 51.4 Å². The van der Waals surface area contributed by atoms with E-state index in [1.807, 2.05) is 0 Å². The van der Waals surface area contributed by atoms with Crippen molar-refractivity contribution in [1.29, 1.82) is 0 Å². The van der Waals surface area contributed by atoms with Gasteiger partial charge in [0.25, 0.3) is 11.1 Å². The Balaban J connectivity index is 1.79. The second kappa shape index (κ2) is 7.45. The van der Waals surface area contributed by atoms with E-state index in [2.05, 4.69) is 5.10 Å². The van der Waals surface area contributed by atoms with Gasteiger partial charge in [0, 0.05) is 30.6 Å². The maximum absolute atomic E-state index is 13.5. The van der Waals surface area contributed by atoms with Crippen molar-refractivity contribution in [2.45, 2.75) is 25.7 Å². The third-order valence-electron chi connectivity index (χ3n) is 6.30. The number of hydrogen-bond acceptors (Lipinski definition) is 4. The lowest BCUT2D eigenvalue weighted by Crippen LogP contribution is -2.38. The minimum Gasteiger partial charge on any atom is -0.299 e. The fourth-order valence-corrected chi connectivity index (χ4v) is 4.56. The summed E-state index contributed by atoms with van der Waals surface area (Å²) < 4.78 is 3.72. The van der Waals surface area contributed by atoms with Gasteiger partial charge in [-0.2, -0.15) is 0 Å². The topological polar surface area (TPSA) is 98.9 Å². The fourth-order valence-electron chi connectivity index (χ4n) is 4.38. The lowest BCUT2D eigenvalue weighted by atomic mass is 9.95. The first kappa shape index (κ1) is 21.2. The van der Waals surface area contributed by atoms with Crippen LogP contribution in [0.15, 0.2) is 50.8 Å². The molecule has 2 aromatic heterocycles. The molecule has 1 aliphatic rings. The number of nitrogens with zero attached hydrogens (tertiary/aromatic N) is 3. The van der Waals surface area contributed by atoms with Crippen LogP contribution in [-0.2, 0) is 14.1 Å². The van der Waals surface area contributed by atoms with Gasteiger partial charge in [0.05, 0.1) is 22.3 Å². The molecule has 33 heavy (non-hydrogen) atoms. The number of H-pyrrole nitrogens is 1. The van der Waals surface area contributed by atoms with Crippen molar-refractivity contribution < 1.29 is 4.79 Å². The molecule has 0 unspecified atom stereocenters. The van der Waals surface area contributed by atoms with Gasteiger partial charge in [-0.05, 0) is 55.7 Å². The second-order valence-electron chi connectivity index (χ2n) is 8.46. The highest BCUT2D eigenvalue weighted by atomic mass is 35.5. The molecule has 0 bridgehead atoms. The van der Waals surface area contributed by atoms with Crippen molar-refractivity contribution in [2.75, 3.05) is 0 Å². The molecule has 1 fully saturated rings. The summed E-state index contributed by atoms with van der Waals surface area (Å²) in [7, 11) is 3.15. The SMILES string of the molecule is Cc1c(C(=O)c2c(C3CC3)[nH]n(C)c2=O)ccc2c1c(=O)n(-c1cccc(Cl)c1)c(=O)n2C. The maximum atomic E-state index is 13.5. The lowest BCUT2D eigenvalue weighted by molar-refractivity contribution is 0.103. The molecule has 1 aliphatic carbocycles. The largest absolute Gasteiger partial charge is 0.335 e. The molecule has 1 saturated carbocycles. The summed E-state index contributed by atoms with van der Waals surface area (Å²) in [5, 5.41) is 3.63. The van der Waals surface area contributed by atoms with Crippen molar-refractivity contribution in [2.24, 2.45) is 14.1 Å². The summed E-state index contributed by atoms with van der Waals surface area (Å²) in [5.41, 5.74) is 0.705. The number of ketones is 1. The van der Waals surface area contributed by atoms with Gasteiger partial charge in [0.2, 0.25) is 5.78 Å². The van der Waals surface area contributed by atoms with Gasteiger partial charge in [-0.25, -0.2) is 9.36 Å².